The predicted octanol–water partition coefficient (Wildman–Crippen LogP) is 4.16. The van der Waals surface area contributed by atoms with Crippen molar-refractivity contribution in [1.82, 2.24) is 9.97 Å². The Labute approximate surface area is 194 Å². The third kappa shape index (κ3) is 4.40. The van der Waals surface area contributed by atoms with E-state index in [9.17, 15) is 13.0 Å². The Balaban J connectivity index is 0.00000256. The van der Waals surface area contributed by atoms with Crippen molar-refractivity contribution in [2.75, 3.05) is 5.73 Å². The van der Waals surface area contributed by atoms with E-state index in [0.717, 1.165) is 5.56 Å². The van der Waals surface area contributed by atoms with Crippen LogP contribution in [0.3, 0.4) is 0 Å². The summed E-state index contributed by atoms with van der Waals surface area (Å²) in [4.78, 5) is 8.13. The van der Waals surface area contributed by atoms with Gasteiger partial charge < -0.3 is 5.73 Å². The molecule has 1 radical (unpaired) electrons. The molecular weight excluding hydrogens is 413 g/mol. The summed E-state index contributed by atoms with van der Waals surface area (Å²) in [6.45, 7) is 0. The maximum atomic E-state index is 11.8. The molecule has 0 saturated heterocycles. The first kappa shape index (κ1) is 22.0. The molecule has 3 N–H and O–H groups in total. The Hall–Kier alpha value is -2.69. The molecule has 4 aromatic rings. The zero-order chi connectivity index (χ0) is 20.4. The summed E-state index contributed by atoms with van der Waals surface area (Å²) in [7, 11) is -4.48. The first-order valence-electron chi connectivity index (χ1n) is 8.51. The maximum absolute atomic E-state index is 11.8. The minimum Gasteiger partial charge on any atom is -0.396 e. The van der Waals surface area contributed by atoms with Gasteiger partial charge in [0.1, 0.15) is 16.3 Å². The van der Waals surface area contributed by atoms with E-state index >= 15 is 0 Å². The van der Waals surface area contributed by atoms with Gasteiger partial charge in [0.15, 0.2) is 0 Å². The van der Waals surface area contributed by atoms with Gasteiger partial charge in [-0.05, 0) is 30.3 Å². The summed E-state index contributed by atoms with van der Waals surface area (Å²) < 4.78 is 33.3. The number of hydrogen-bond donors (Lipinski definition) is 2. The standard InChI is InChI=1S/C20H15N5O3S.Na/c21-19-15-7-2-1-6-14(15)18(29(26,27)28)11-17(19)25-24-16-8-4-10-23-20(16)13-5-3-9-22-12-13;/h1-12H,21H2,(H,26,27,28);. The summed E-state index contributed by atoms with van der Waals surface area (Å²) in [6.07, 6.45) is 4.94. The van der Waals surface area contributed by atoms with E-state index in [1.54, 1.807) is 61.1 Å². The third-order valence-electron chi connectivity index (χ3n) is 4.29. The van der Waals surface area contributed by atoms with E-state index < -0.39 is 10.1 Å². The van der Waals surface area contributed by atoms with Crippen LogP contribution in [0.4, 0.5) is 17.1 Å². The topological polar surface area (TPSA) is 131 Å². The van der Waals surface area contributed by atoms with Crippen molar-refractivity contribution >= 4 is 67.5 Å². The molecule has 0 bridgehead atoms. The number of hydrogen-bond acceptors (Lipinski definition) is 7. The number of fused-ring (bicyclic) bond motifs is 1. The Morgan fingerprint density at radius 1 is 0.900 bits per heavy atom. The van der Waals surface area contributed by atoms with Gasteiger partial charge in [0.05, 0.1) is 11.4 Å². The normalized spacial score (nSPS) is 11.5. The second-order valence-electron chi connectivity index (χ2n) is 6.14. The van der Waals surface area contributed by atoms with Crippen LogP contribution in [0.2, 0.25) is 0 Å². The van der Waals surface area contributed by atoms with Gasteiger partial charge in [0.25, 0.3) is 10.1 Å². The van der Waals surface area contributed by atoms with E-state index in [2.05, 4.69) is 20.2 Å². The number of nitrogens with two attached hydrogens (primary N) is 1. The van der Waals surface area contributed by atoms with Gasteiger partial charge >= 0.3 is 0 Å². The van der Waals surface area contributed by atoms with Crippen LogP contribution in [0, 0.1) is 0 Å². The quantitative estimate of drug-likeness (QED) is 0.217. The predicted molar refractivity (Wildman–Crippen MR) is 116 cm³/mol. The van der Waals surface area contributed by atoms with Crippen molar-refractivity contribution in [3.05, 3.63) is 73.2 Å². The van der Waals surface area contributed by atoms with Gasteiger partial charge in [-0.1, -0.05) is 24.3 Å². The number of rotatable bonds is 4. The molecule has 0 fully saturated rings. The Morgan fingerprint density at radius 3 is 2.30 bits per heavy atom. The number of pyridine rings is 2. The molecule has 2 aromatic carbocycles. The SMILES string of the molecule is Nc1c(N=Nc2cccnc2-c2cccnc2)cc(S(=O)(=O)O)c2ccccc12.[Na]. The second kappa shape index (κ2) is 8.99. The van der Waals surface area contributed by atoms with E-state index in [4.69, 9.17) is 5.73 Å². The third-order valence-corrected chi connectivity index (χ3v) is 5.18. The number of aromatic nitrogens is 2. The smallest absolute Gasteiger partial charge is 0.295 e. The van der Waals surface area contributed by atoms with E-state index in [1.165, 1.54) is 6.07 Å². The zero-order valence-corrected chi connectivity index (χ0v) is 18.8. The van der Waals surface area contributed by atoms with Gasteiger partial charge in [-0.15, -0.1) is 10.2 Å². The van der Waals surface area contributed by atoms with Crippen LogP contribution in [0.5, 0.6) is 0 Å². The maximum Gasteiger partial charge on any atom is 0.295 e. The molecule has 0 aliphatic carbocycles. The Morgan fingerprint density at radius 2 is 1.60 bits per heavy atom. The minimum absolute atomic E-state index is 0. The average molecular weight is 428 g/mol. The van der Waals surface area contributed by atoms with Crippen LogP contribution in [0.15, 0.2) is 88.3 Å². The fourth-order valence-electron chi connectivity index (χ4n) is 2.96. The molecule has 0 unspecified atom stereocenters. The molecule has 0 amide bonds. The van der Waals surface area contributed by atoms with Gasteiger partial charge in [-0.3, -0.25) is 14.5 Å². The van der Waals surface area contributed by atoms with Crippen LogP contribution in [0.1, 0.15) is 0 Å². The second-order valence-corrected chi connectivity index (χ2v) is 7.53. The molecule has 0 spiro atoms. The molecule has 8 nitrogen and oxygen atoms in total. The molecule has 0 atom stereocenters. The Kier molecular flexibility index (Phi) is 6.59. The monoisotopic (exact) mass is 428 g/mol. The summed E-state index contributed by atoms with van der Waals surface area (Å²) in [5, 5.41) is 9.14. The van der Waals surface area contributed by atoms with Crippen LogP contribution in [-0.4, -0.2) is 52.5 Å². The summed E-state index contributed by atoms with van der Waals surface area (Å²) in [6, 6.07) is 14.9. The van der Waals surface area contributed by atoms with E-state index in [1.807, 2.05) is 6.07 Å². The fraction of sp³-hybridized carbons (Fsp3) is 0. The number of azo groups is 1. The van der Waals surface area contributed by atoms with Crippen molar-refractivity contribution < 1.29 is 13.0 Å². The summed E-state index contributed by atoms with van der Waals surface area (Å²) in [5.41, 5.74) is 8.35. The molecule has 4 rings (SSSR count). The van der Waals surface area contributed by atoms with Crippen LogP contribution in [-0.2, 0) is 10.1 Å². The van der Waals surface area contributed by atoms with E-state index in [0.29, 0.717) is 22.2 Å². The van der Waals surface area contributed by atoms with Gasteiger partial charge in [0.2, 0.25) is 0 Å². The zero-order valence-electron chi connectivity index (χ0n) is 16.0. The Bertz CT molecular complexity index is 1350. The number of nitrogen functional groups attached to an aromatic ring is 1. The van der Waals surface area contributed by atoms with Gasteiger partial charge in [0, 0.05) is 64.5 Å². The van der Waals surface area contributed by atoms with Crippen LogP contribution in [0.25, 0.3) is 22.0 Å². The van der Waals surface area contributed by atoms with Crippen molar-refractivity contribution in [1.29, 1.82) is 0 Å². The molecule has 0 aliphatic rings. The molecule has 30 heavy (non-hydrogen) atoms. The molecule has 2 heterocycles. The van der Waals surface area contributed by atoms with Gasteiger partial charge in [-0.2, -0.15) is 8.42 Å². The molecule has 0 saturated carbocycles. The van der Waals surface area contributed by atoms with Crippen molar-refractivity contribution in [2.45, 2.75) is 4.90 Å². The van der Waals surface area contributed by atoms with Gasteiger partial charge in [-0.25, -0.2) is 0 Å². The molecule has 2 aromatic heterocycles. The summed E-state index contributed by atoms with van der Waals surface area (Å²) >= 11 is 0. The molecular formula is C20H15N5NaO3S. The van der Waals surface area contributed by atoms with Crippen molar-refractivity contribution in [3.8, 4) is 11.3 Å². The molecule has 10 heteroatoms. The average Bonchev–Trinajstić information content (AvgIpc) is 2.73. The number of nitrogens with zero attached hydrogens (tertiary/aromatic N) is 4. The first-order chi connectivity index (χ1) is 13.9. The number of benzene rings is 2. The molecule has 0 aliphatic heterocycles. The first-order valence-corrected chi connectivity index (χ1v) is 9.95. The van der Waals surface area contributed by atoms with Crippen molar-refractivity contribution in [3.63, 3.8) is 0 Å². The minimum atomic E-state index is -4.48. The van der Waals surface area contributed by atoms with Crippen LogP contribution < -0.4 is 5.73 Å². The largest absolute Gasteiger partial charge is 0.396 e. The van der Waals surface area contributed by atoms with E-state index in [-0.39, 0.29) is 45.8 Å². The fourth-order valence-corrected chi connectivity index (χ4v) is 3.67. The molecule has 145 valence electrons. The van der Waals surface area contributed by atoms with Crippen molar-refractivity contribution in [2.24, 2.45) is 10.2 Å². The van der Waals surface area contributed by atoms with Crippen LogP contribution >= 0.6 is 0 Å². The number of anilines is 1. The summed E-state index contributed by atoms with van der Waals surface area (Å²) in [5.74, 6) is 0.